The molecule has 1 aliphatic carbocycles. The van der Waals surface area contributed by atoms with E-state index in [0.717, 1.165) is 19.6 Å². The summed E-state index contributed by atoms with van der Waals surface area (Å²) in [5, 5.41) is 2.14. The van der Waals surface area contributed by atoms with Crippen molar-refractivity contribution in [2.75, 3.05) is 20.1 Å². The van der Waals surface area contributed by atoms with E-state index in [-0.39, 0.29) is 6.03 Å². The molecule has 1 aromatic rings. The molecule has 1 saturated heterocycles. The first-order chi connectivity index (χ1) is 9.65. The molecule has 2 N–H and O–H groups in total. The maximum atomic E-state index is 11.4. The lowest BCUT2D eigenvalue weighted by Gasteiger charge is -2.38. The molecule has 0 spiro atoms. The van der Waals surface area contributed by atoms with Gasteiger partial charge in [0.1, 0.15) is 0 Å². The molecule has 0 bridgehead atoms. The third-order valence-electron chi connectivity index (χ3n) is 4.92. The highest BCUT2D eigenvalue weighted by Gasteiger charge is 2.42. The second-order valence-corrected chi connectivity index (χ2v) is 7.19. The first kappa shape index (κ1) is 13.9. The van der Waals surface area contributed by atoms with Crippen molar-refractivity contribution in [1.82, 2.24) is 9.80 Å². The highest BCUT2D eigenvalue weighted by Crippen LogP contribution is 2.38. The molecule has 1 aromatic heterocycles. The zero-order valence-corrected chi connectivity index (χ0v) is 12.8. The Morgan fingerprint density at radius 1 is 1.50 bits per heavy atom. The molecular weight excluding hydrogens is 270 g/mol. The molecule has 2 heterocycles. The van der Waals surface area contributed by atoms with Crippen LogP contribution in [0.5, 0.6) is 0 Å². The van der Waals surface area contributed by atoms with Crippen molar-refractivity contribution in [1.29, 1.82) is 0 Å². The van der Waals surface area contributed by atoms with E-state index in [1.54, 1.807) is 0 Å². The zero-order valence-electron chi connectivity index (χ0n) is 12.0. The minimum absolute atomic E-state index is 0.251. The smallest absolute Gasteiger partial charge is 0.314 e. The zero-order chi connectivity index (χ0) is 14.1. The van der Waals surface area contributed by atoms with Crippen molar-refractivity contribution >= 4 is 17.4 Å². The molecule has 0 aromatic carbocycles. The van der Waals surface area contributed by atoms with Crippen molar-refractivity contribution in [2.45, 2.75) is 31.8 Å². The van der Waals surface area contributed by atoms with Gasteiger partial charge in [0.15, 0.2) is 0 Å². The summed E-state index contributed by atoms with van der Waals surface area (Å²) >= 11 is 1.82. The van der Waals surface area contributed by atoms with Gasteiger partial charge in [0, 0.05) is 30.6 Å². The topological polar surface area (TPSA) is 49.6 Å². The van der Waals surface area contributed by atoms with E-state index < -0.39 is 0 Å². The highest BCUT2D eigenvalue weighted by atomic mass is 32.1. The molecule has 2 fully saturated rings. The van der Waals surface area contributed by atoms with Crippen molar-refractivity contribution in [3.63, 3.8) is 0 Å². The average Bonchev–Trinajstić information content (AvgIpc) is 3.05. The van der Waals surface area contributed by atoms with Crippen LogP contribution >= 0.6 is 11.3 Å². The number of urea groups is 1. The number of fused-ring (bicyclic) bond motifs is 1. The van der Waals surface area contributed by atoms with E-state index >= 15 is 0 Å². The monoisotopic (exact) mass is 293 g/mol. The molecule has 3 rings (SSSR count). The van der Waals surface area contributed by atoms with Crippen LogP contribution in [0, 0.1) is 11.8 Å². The second-order valence-electron chi connectivity index (χ2n) is 6.16. The Morgan fingerprint density at radius 3 is 3.05 bits per heavy atom. The molecule has 20 heavy (non-hydrogen) atoms. The maximum Gasteiger partial charge on any atom is 0.314 e. The average molecular weight is 293 g/mol. The number of amides is 2. The number of hydrogen-bond acceptors (Lipinski definition) is 3. The van der Waals surface area contributed by atoms with Gasteiger partial charge < -0.3 is 10.6 Å². The van der Waals surface area contributed by atoms with E-state index in [2.05, 4.69) is 29.5 Å². The number of carbonyl (C=O) groups is 1. The summed E-state index contributed by atoms with van der Waals surface area (Å²) in [6.07, 6.45) is 3.76. The van der Waals surface area contributed by atoms with Crippen LogP contribution in [-0.4, -0.2) is 42.0 Å². The Bertz CT molecular complexity index is 462. The number of primary amides is 1. The quantitative estimate of drug-likeness (QED) is 0.930. The lowest BCUT2D eigenvalue weighted by molar-refractivity contribution is 0.106. The largest absolute Gasteiger partial charge is 0.351 e. The standard InChI is InChI=1S/C15H23N3OS/c1-17(9-12-5-3-7-20-12)14-6-2-4-11-8-18(15(16)19)10-13(11)14/h3,5,7,11,13-14H,2,4,6,8-10H2,1H3,(H2,16,19)/t11-,13+,14+/m1/s1. The number of likely N-dealkylation sites (tertiary alicyclic amines) is 1. The highest BCUT2D eigenvalue weighted by molar-refractivity contribution is 7.09. The normalized spacial score (nSPS) is 29.7. The maximum absolute atomic E-state index is 11.4. The van der Waals surface area contributed by atoms with Gasteiger partial charge in [0.2, 0.25) is 0 Å². The predicted octanol–water partition coefficient (Wildman–Crippen LogP) is 2.36. The summed E-state index contributed by atoms with van der Waals surface area (Å²) in [6, 6.07) is 4.65. The fourth-order valence-electron chi connectivity index (χ4n) is 3.93. The summed E-state index contributed by atoms with van der Waals surface area (Å²) in [7, 11) is 2.22. The van der Waals surface area contributed by atoms with Gasteiger partial charge in [0.05, 0.1) is 0 Å². The first-order valence-corrected chi connectivity index (χ1v) is 8.30. The van der Waals surface area contributed by atoms with Crippen LogP contribution in [0.1, 0.15) is 24.1 Å². The summed E-state index contributed by atoms with van der Waals surface area (Å²) in [5.74, 6) is 1.24. The van der Waals surface area contributed by atoms with Gasteiger partial charge in [-0.1, -0.05) is 12.5 Å². The van der Waals surface area contributed by atoms with Crippen LogP contribution in [0.15, 0.2) is 17.5 Å². The molecule has 1 aliphatic heterocycles. The predicted molar refractivity (Wildman–Crippen MR) is 81.6 cm³/mol. The van der Waals surface area contributed by atoms with E-state index in [1.165, 1.54) is 24.1 Å². The minimum atomic E-state index is -0.251. The summed E-state index contributed by atoms with van der Waals surface area (Å²) in [4.78, 5) is 17.1. The van der Waals surface area contributed by atoms with Crippen molar-refractivity contribution in [3.8, 4) is 0 Å². The van der Waals surface area contributed by atoms with Crippen molar-refractivity contribution in [3.05, 3.63) is 22.4 Å². The van der Waals surface area contributed by atoms with Crippen LogP contribution in [0.3, 0.4) is 0 Å². The van der Waals surface area contributed by atoms with Crippen molar-refractivity contribution in [2.24, 2.45) is 17.6 Å². The summed E-state index contributed by atoms with van der Waals surface area (Å²) in [6.45, 7) is 2.73. The Labute approximate surface area is 124 Å². The second kappa shape index (κ2) is 5.74. The van der Waals surface area contributed by atoms with Crippen LogP contribution in [0.4, 0.5) is 4.79 Å². The van der Waals surface area contributed by atoms with E-state index in [0.29, 0.717) is 17.9 Å². The Hall–Kier alpha value is -1.07. The Morgan fingerprint density at radius 2 is 2.35 bits per heavy atom. The van der Waals surface area contributed by atoms with Gasteiger partial charge in [-0.2, -0.15) is 0 Å². The Balaban J connectivity index is 1.68. The molecule has 110 valence electrons. The minimum Gasteiger partial charge on any atom is -0.351 e. The Kier molecular flexibility index (Phi) is 3.98. The van der Waals surface area contributed by atoms with Gasteiger partial charge in [-0.05, 0) is 43.2 Å². The molecule has 3 atom stereocenters. The number of nitrogens with two attached hydrogens (primary N) is 1. The molecule has 2 aliphatic rings. The van der Waals surface area contributed by atoms with Crippen LogP contribution in [0.2, 0.25) is 0 Å². The van der Waals surface area contributed by atoms with Gasteiger partial charge in [-0.3, -0.25) is 4.90 Å². The van der Waals surface area contributed by atoms with Crippen molar-refractivity contribution < 1.29 is 4.79 Å². The molecule has 0 unspecified atom stereocenters. The fourth-order valence-corrected chi connectivity index (χ4v) is 4.70. The molecule has 4 nitrogen and oxygen atoms in total. The van der Waals surface area contributed by atoms with Gasteiger partial charge >= 0.3 is 6.03 Å². The van der Waals surface area contributed by atoms with Gasteiger partial charge in [-0.15, -0.1) is 11.3 Å². The molecule has 2 amide bonds. The lowest BCUT2D eigenvalue weighted by Crippen LogP contribution is -2.43. The third-order valence-corrected chi connectivity index (χ3v) is 5.78. The molecule has 0 radical (unpaired) electrons. The molecule has 5 heteroatoms. The van der Waals surface area contributed by atoms with Gasteiger partial charge in [-0.25, -0.2) is 4.79 Å². The summed E-state index contributed by atoms with van der Waals surface area (Å²) < 4.78 is 0. The van der Waals surface area contributed by atoms with Crippen LogP contribution < -0.4 is 5.73 Å². The lowest BCUT2D eigenvalue weighted by atomic mass is 9.77. The number of rotatable bonds is 3. The number of thiophene rings is 1. The van der Waals surface area contributed by atoms with Crippen LogP contribution in [-0.2, 0) is 6.54 Å². The van der Waals surface area contributed by atoms with Gasteiger partial charge in [0.25, 0.3) is 0 Å². The number of carbonyl (C=O) groups excluding carboxylic acids is 1. The third kappa shape index (κ3) is 2.69. The number of nitrogens with zero attached hydrogens (tertiary/aromatic N) is 2. The van der Waals surface area contributed by atoms with E-state index in [9.17, 15) is 4.79 Å². The molecular formula is C15H23N3OS. The summed E-state index contributed by atoms with van der Waals surface area (Å²) in [5.41, 5.74) is 5.46. The fraction of sp³-hybridized carbons (Fsp3) is 0.667. The molecule has 1 saturated carbocycles. The van der Waals surface area contributed by atoms with Crippen LogP contribution in [0.25, 0.3) is 0 Å². The number of hydrogen-bond donors (Lipinski definition) is 1. The van der Waals surface area contributed by atoms with E-state index in [4.69, 9.17) is 5.73 Å². The SMILES string of the molecule is CN(Cc1cccs1)[C@H]1CCC[C@@H]2CN(C(N)=O)C[C@@H]21. The van der Waals surface area contributed by atoms with E-state index in [1.807, 2.05) is 16.2 Å². The first-order valence-electron chi connectivity index (χ1n) is 7.42.